The number of piperazine rings is 1. The van der Waals surface area contributed by atoms with Gasteiger partial charge in [0.15, 0.2) is 0 Å². The van der Waals surface area contributed by atoms with Crippen molar-refractivity contribution in [1.82, 2.24) is 14.8 Å². The van der Waals surface area contributed by atoms with Gasteiger partial charge in [0.05, 0.1) is 24.1 Å². The van der Waals surface area contributed by atoms with Gasteiger partial charge in [-0.15, -0.1) is 0 Å². The van der Waals surface area contributed by atoms with Crippen LogP contribution in [0, 0.1) is 17.7 Å². The quantitative estimate of drug-likeness (QED) is 0.195. The Bertz CT molecular complexity index is 1380. The molecule has 0 radical (unpaired) electrons. The molecule has 3 N–H and O–H groups in total. The molecule has 1 amide bonds. The predicted octanol–water partition coefficient (Wildman–Crippen LogP) is 4.55. The summed E-state index contributed by atoms with van der Waals surface area (Å²) in [5.41, 5.74) is 1.67. The average molecular weight is 611 g/mol. The average Bonchev–Trinajstić information content (AvgIpc) is 2.94. The van der Waals surface area contributed by atoms with Gasteiger partial charge in [0, 0.05) is 73.7 Å². The van der Waals surface area contributed by atoms with E-state index >= 15 is 0 Å². The molecule has 1 aromatic carbocycles. The Morgan fingerprint density at radius 2 is 1.93 bits per heavy atom. The van der Waals surface area contributed by atoms with Crippen molar-refractivity contribution in [2.45, 2.75) is 37.8 Å². The van der Waals surface area contributed by atoms with Crippen LogP contribution in [0.25, 0.3) is 0 Å². The van der Waals surface area contributed by atoms with Gasteiger partial charge in [-0.2, -0.15) is 0 Å². The van der Waals surface area contributed by atoms with Gasteiger partial charge in [0.1, 0.15) is 17.4 Å². The summed E-state index contributed by atoms with van der Waals surface area (Å²) in [4.78, 5) is 26.5. The van der Waals surface area contributed by atoms with Gasteiger partial charge in [-0.1, -0.05) is 18.2 Å². The Balaban J connectivity index is 1.26. The van der Waals surface area contributed by atoms with Crippen molar-refractivity contribution in [2.75, 3.05) is 57.5 Å². The van der Waals surface area contributed by atoms with Gasteiger partial charge in [-0.3, -0.25) is 14.7 Å². The number of carbonyl (C=O) groups is 1. The van der Waals surface area contributed by atoms with Crippen molar-refractivity contribution >= 4 is 34.7 Å². The minimum atomic E-state index is -0.463. The van der Waals surface area contributed by atoms with E-state index in [1.807, 2.05) is 0 Å². The molecule has 5 rings (SSSR count). The van der Waals surface area contributed by atoms with Crippen LogP contribution in [-0.2, 0) is 9.53 Å². The van der Waals surface area contributed by atoms with Crippen LogP contribution in [0.2, 0.25) is 5.02 Å². The molecule has 2 aromatic rings. The van der Waals surface area contributed by atoms with Crippen LogP contribution in [0.15, 0.2) is 65.6 Å². The number of anilines is 2. The normalized spacial score (nSPS) is 25.0. The molecule has 11 heteroatoms. The number of benzene rings is 1. The van der Waals surface area contributed by atoms with Crippen LogP contribution < -0.4 is 10.6 Å². The number of pyridine rings is 1. The number of aliphatic hydroxyl groups is 1. The van der Waals surface area contributed by atoms with Crippen molar-refractivity contribution in [1.29, 1.82) is 0 Å². The summed E-state index contributed by atoms with van der Waals surface area (Å²) in [5.74, 6) is 0.471. The maximum atomic E-state index is 14.7. The first-order valence-corrected chi connectivity index (χ1v) is 15.2. The molecular formula is C32H40ClFN6O3. The highest BCUT2D eigenvalue weighted by Gasteiger charge is 2.38. The van der Waals surface area contributed by atoms with Crippen molar-refractivity contribution in [3.63, 3.8) is 0 Å². The lowest BCUT2D eigenvalue weighted by Gasteiger charge is -2.45. The molecule has 3 fully saturated rings. The Kier molecular flexibility index (Phi) is 10.1. The number of nitrogens with zero attached hydrogens (tertiary/aromatic N) is 4. The number of likely N-dealkylation sites (N-methyl/N-ethyl adjacent to an activating group) is 1. The van der Waals surface area contributed by atoms with Crippen LogP contribution in [0.3, 0.4) is 0 Å². The number of carbonyl (C=O) groups excluding carboxylic acids is 1. The fraction of sp³-hybridized carbons (Fsp3) is 0.469. The lowest BCUT2D eigenvalue weighted by molar-refractivity contribution is -0.124. The van der Waals surface area contributed by atoms with Gasteiger partial charge in [-0.25, -0.2) is 9.37 Å². The summed E-state index contributed by atoms with van der Waals surface area (Å²) in [7, 11) is 3.71. The van der Waals surface area contributed by atoms with Gasteiger partial charge in [0.2, 0.25) is 5.91 Å². The van der Waals surface area contributed by atoms with Crippen LogP contribution in [-0.4, -0.2) is 90.5 Å². The lowest BCUT2D eigenvalue weighted by atomic mass is 9.78. The highest BCUT2D eigenvalue weighted by molar-refractivity contribution is 6.31. The number of amides is 1. The maximum Gasteiger partial charge on any atom is 0.228 e. The van der Waals surface area contributed by atoms with Gasteiger partial charge >= 0.3 is 0 Å². The van der Waals surface area contributed by atoms with Crippen LogP contribution >= 0.6 is 11.6 Å². The minimum absolute atomic E-state index is 0.0296. The van der Waals surface area contributed by atoms with Gasteiger partial charge in [0.25, 0.3) is 0 Å². The number of aromatic nitrogens is 1. The van der Waals surface area contributed by atoms with E-state index in [1.54, 1.807) is 31.5 Å². The number of aliphatic hydroxyl groups excluding tert-OH is 1. The van der Waals surface area contributed by atoms with E-state index in [9.17, 15) is 14.3 Å². The summed E-state index contributed by atoms with van der Waals surface area (Å²) in [5, 5.41) is 16.3. The first-order valence-electron chi connectivity index (χ1n) is 14.8. The van der Waals surface area contributed by atoms with E-state index in [4.69, 9.17) is 16.3 Å². The lowest BCUT2D eigenvalue weighted by Crippen LogP contribution is -2.54. The molecule has 9 nitrogen and oxygen atoms in total. The Morgan fingerprint density at radius 3 is 2.63 bits per heavy atom. The summed E-state index contributed by atoms with van der Waals surface area (Å²) in [6, 6.07) is 8.25. The third-order valence-corrected chi connectivity index (χ3v) is 8.79. The summed E-state index contributed by atoms with van der Waals surface area (Å²) in [6.07, 6.45) is 6.04. The highest BCUT2D eigenvalue weighted by Crippen LogP contribution is 2.33. The molecule has 0 unspecified atom stereocenters. The number of ether oxygens (including phenoxy) is 1. The second-order valence-electron chi connectivity index (χ2n) is 11.7. The molecule has 0 atom stereocenters. The van der Waals surface area contributed by atoms with Crippen molar-refractivity contribution in [3.8, 4) is 0 Å². The zero-order chi connectivity index (χ0) is 30.5. The third-order valence-electron chi connectivity index (χ3n) is 8.56. The molecule has 1 saturated heterocycles. The van der Waals surface area contributed by atoms with Crippen molar-refractivity contribution in [2.24, 2.45) is 16.8 Å². The van der Waals surface area contributed by atoms with E-state index in [0.29, 0.717) is 59.2 Å². The largest absolute Gasteiger partial charge is 0.492 e. The van der Waals surface area contributed by atoms with E-state index in [2.05, 4.69) is 44.0 Å². The molecule has 3 aliphatic rings. The number of halogens is 2. The number of hydrogen-bond acceptors (Lipinski definition) is 8. The van der Waals surface area contributed by atoms with Crippen molar-refractivity contribution in [3.05, 3.63) is 77.0 Å². The Labute approximate surface area is 257 Å². The molecule has 1 aliphatic heterocycles. The highest BCUT2D eigenvalue weighted by atomic mass is 35.5. The van der Waals surface area contributed by atoms with E-state index in [-0.39, 0.29) is 29.4 Å². The van der Waals surface area contributed by atoms with Gasteiger partial charge in [-0.05, 0) is 69.0 Å². The first-order chi connectivity index (χ1) is 20.7. The maximum absolute atomic E-state index is 14.7. The number of rotatable bonds is 11. The zero-order valence-corrected chi connectivity index (χ0v) is 25.5. The van der Waals surface area contributed by atoms with E-state index in [1.165, 1.54) is 18.2 Å². The molecular weight excluding hydrogens is 571 g/mol. The summed E-state index contributed by atoms with van der Waals surface area (Å²) < 4.78 is 20.7. The molecule has 0 spiro atoms. The Hall–Kier alpha value is -3.31. The molecule has 0 bridgehead atoms. The second kappa shape index (κ2) is 14.0. The summed E-state index contributed by atoms with van der Waals surface area (Å²) >= 11 is 6.15. The number of hydrogen-bond donors (Lipinski definition) is 3. The smallest absolute Gasteiger partial charge is 0.228 e. The number of allylic oxidation sites excluding steroid dienone is 1. The zero-order valence-electron chi connectivity index (χ0n) is 24.7. The van der Waals surface area contributed by atoms with Crippen molar-refractivity contribution < 1.29 is 19.0 Å². The fourth-order valence-corrected chi connectivity index (χ4v) is 5.83. The second-order valence-corrected chi connectivity index (χ2v) is 12.2. The SMILES string of the molecule is C=C(OC[C@H]1C[C@@H](O)C1)/C(=C\C(=N/C)c1cc(Cl)ccc1F)Nc1ccnc(NC(=O)[C@H]2C[C@@H](N3CCN(C)CC3)C2)c1. The topological polar surface area (TPSA) is 102 Å². The molecule has 230 valence electrons. The van der Waals surface area contributed by atoms with E-state index in [0.717, 1.165) is 39.0 Å². The number of aliphatic imine (C=N–C) groups is 1. The van der Waals surface area contributed by atoms with Gasteiger partial charge < -0.3 is 25.4 Å². The Morgan fingerprint density at radius 1 is 1.19 bits per heavy atom. The fourth-order valence-electron chi connectivity index (χ4n) is 5.66. The molecule has 2 saturated carbocycles. The standard InChI is InChI=1S/C32H40ClFN6O3/c1-20(43-19-21-12-26(41)13-21)29(18-30(35-2)27-16-23(33)4-5-28(27)34)37-24-6-7-36-31(17-24)38-32(42)22-14-25(15-22)40-10-8-39(3)9-11-40/h4-7,16-18,21-22,25-26,41H,1,8-15,19H2,2-3H3,(H2,36,37,38,42)/b29-18+,35-30+/t21-,22-,25+,26+. The van der Waals surface area contributed by atoms with E-state index < -0.39 is 5.82 Å². The van der Waals surface area contributed by atoms with Crippen LogP contribution in [0.1, 0.15) is 31.2 Å². The predicted molar refractivity (Wildman–Crippen MR) is 168 cm³/mol. The summed E-state index contributed by atoms with van der Waals surface area (Å²) in [6.45, 7) is 8.72. The van der Waals surface area contributed by atoms with Crippen LogP contribution in [0.4, 0.5) is 15.9 Å². The molecule has 1 aromatic heterocycles. The molecule has 2 heterocycles. The molecule has 2 aliphatic carbocycles. The third kappa shape index (κ3) is 8.00. The number of nitrogens with one attached hydrogen (secondary N) is 2. The monoisotopic (exact) mass is 610 g/mol. The minimum Gasteiger partial charge on any atom is -0.492 e. The molecule has 43 heavy (non-hydrogen) atoms. The van der Waals surface area contributed by atoms with Crippen LogP contribution in [0.5, 0.6) is 0 Å². The first kappa shape index (κ1) is 31.1.